The second-order valence-corrected chi connectivity index (χ2v) is 8.42. The van der Waals surface area contributed by atoms with Crippen LogP contribution in [0.1, 0.15) is 34.1 Å². The first-order valence-electron chi connectivity index (χ1n) is 9.33. The normalized spacial score (nSPS) is 15.1. The number of nitrogens with two attached hydrogens (primary N) is 1. The summed E-state index contributed by atoms with van der Waals surface area (Å²) in [6, 6.07) is 11.3. The Hall–Kier alpha value is -2.76. The molecule has 3 aromatic rings. The van der Waals surface area contributed by atoms with Gasteiger partial charge in [0.1, 0.15) is 0 Å². The fourth-order valence-corrected chi connectivity index (χ4v) is 3.76. The number of primary amides is 1. The van der Waals surface area contributed by atoms with Crippen molar-refractivity contribution in [3.8, 4) is 0 Å². The van der Waals surface area contributed by atoms with Gasteiger partial charge in [0.05, 0.1) is 43.0 Å². The first-order valence-corrected chi connectivity index (χ1v) is 9.91. The molecule has 150 valence electrons. The Morgan fingerprint density at radius 2 is 1.79 bits per heavy atom. The summed E-state index contributed by atoms with van der Waals surface area (Å²) in [6.45, 7) is 4.14. The number of hydrogen-bond donors (Lipinski definition) is 1. The van der Waals surface area contributed by atoms with Crippen molar-refractivity contribution in [1.82, 2.24) is 14.3 Å². The SMILES string of the molecule is CC1(c2nn(Cc3ccc(Cn4cc(P)ccc4=O)cc3)cc2C(N)=O)COC1. The Labute approximate surface area is 170 Å². The van der Waals surface area contributed by atoms with Crippen LogP contribution in [-0.2, 0) is 23.2 Å². The predicted octanol–water partition coefficient (Wildman–Crippen LogP) is 1.03. The van der Waals surface area contributed by atoms with E-state index in [2.05, 4.69) is 14.3 Å². The zero-order chi connectivity index (χ0) is 20.6. The van der Waals surface area contributed by atoms with Crippen LogP contribution >= 0.6 is 9.24 Å². The van der Waals surface area contributed by atoms with Crippen molar-refractivity contribution in [2.24, 2.45) is 5.73 Å². The van der Waals surface area contributed by atoms with E-state index in [1.54, 1.807) is 27.6 Å². The van der Waals surface area contributed by atoms with Crippen molar-refractivity contribution in [3.63, 3.8) is 0 Å². The molecule has 1 aliphatic rings. The summed E-state index contributed by atoms with van der Waals surface area (Å²) in [5.41, 5.74) is 8.48. The summed E-state index contributed by atoms with van der Waals surface area (Å²) in [6.07, 6.45) is 3.53. The molecule has 1 amide bonds. The van der Waals surface area contributed by atoms with E-state index in [0.717, 1.165) is 16.4 Å². The molecular weight excluding hydrogens is 387 g/mol. The van der Waals surface area contributed by atoms with E-state index in [4.69, 9.17) is 10.5 Å². The number of rotatable bonds is 6. The van der Waals surface area contributed by atoms with Crippen LogP contribution in [0.2, 0.25) is 0 Å². The third-order valence-corrected chi connectivity index (χ3v) is 5.51. The second-order valence-electron chi connectivity index (χ2n) is 7.75. The Morgan fingerprint density at radius 1 is 1.14 bits per heavy atom. The van der Waals surface area contributed by atoms with E-state index in [1.165, 1.54) is 0 Å². The van der Waals surface area contributed by atoms with E-state index in [9.17, 15) is 9.59 Å². The minimum atomic E-state index is -0.475. The summed E-state index contributed by atoms with van der Waals surface area (Å²) in [5, 5.41) is 5.58. The van der Waals surface area contributed by atoms with E-state index >= 15 is 0 Å². The molecule has 1 fully saturated rings. The first kappa shape index (κ1) is 19.6. The first-order chi connectivity index (χ1) is 13.8. The standard InChI is InChI=1S/C21H23N4O3P/c1-21(12-28-13-21)19-17(20(22)27)11-25(23-19)9-15-4-2-14(3-5-15)8-24-10-16(29)6-7-18(24)26/h2-7,10-11H,8-9,12-13,29H2,1H3,(H2,22,27). The second kappa shape index (κ2) is 7.58. The van der Waals surface area contributed by atoms with Gasteiger partial charge >= 0.3 is 0 Å². The van der Waals surface area contributed by atoms with Crippen LogP contribution in [-0.4, -0.2) is 33.5 Å². The van der Waals surface area contributed by atoms with Gasteiger partial charge in [-0.15, -0.1) is 9.24 Å². The van der Waals surface area contributed by atoms with Crippen LogP contribution in [0.4, 0.5) is 0 Å². The quantitative estimate of drug-likeness (QED) is 0.615. The molecule has 1 saturated heterocycles. The van der Waals surface area contributed by atoms with Gasteiger partial charge in [-0.25, -0.2) is 0 Å². The highest BCUT2D eigenvalue weighted by atomic mass is 31.0. The maximum Gasteiger partial charge on any atom is 0.252 e. The van der Waals surface area contributed by atoms with Crippen LogP contribution in [0.3, 0.4) is 0 Å². The summed E-state index contributed by atoms with van der Waals surface area (Å²) < 4.78 is 8.73. The molecule has 0 spiro atoms. The van der Waals surface area contributed by atoms with Crippen LogP contribution in [0.25, 0.3) is 0 Å². The third-order valence-electron chi connectivity index (χ3n) is 5.17. The van der Waals surface area contributed by atoms with E-state index in [1.807, 2.05) is 37.4 Å². The molecule has 0 saturated carbocycles. The minimum absolute atomic E-state index is 0.0307. The van der Waals surface area contributed by atoms with Gasteiger partial charge in [-0.1, -0.05) is 24.3 Å². The summed E-state index contributed by atoms with van der Waals surface area (Å²) in [5.74, 6) is -0.475. The highest BCUT2D eigenvalue weighted by Crippen LogP contribution is 2.32. The third kappa shape index (κ3) is 4.02. The van der Waals surface area contributed by atoms with Crippen molar-refractivity contribution in [1.29, 1.82) is 0 Å². The molecule has 0 bridgehead atoms. The van der Waals surface area contributed by atoms with Gasteiger partial charge in [0.25, 0.3) is 11.5 Å². The molecular formula is C21H23N4O3P. The molecule has 29 heavy (non-hydrogen) atoms. The lowest BCUT2D eigenvalue weighted by atomic mass is 9.83. The minimum Gasteiger partial charge on any atom is -0.379 e. The molecule has 4 rings (SSSR count). The maximum absolute atomic E-state index is 12.0. The van der Waals surface area contributed by atoms with Gasteiger partial charge in [0.15, 0.2) is 0 Å². The Kier molecular flexibility index (Phi) is 5.11. The van der Waals surface area contributed by atoms with E-state index in [0.29, 0.717) is 37.6 Å². The smallest absolute Gasteiger partial charge is 0.252 e. The molecule has 1 atom stereocenters. The Bertz CT molecular complexity index is 1110. The number of aromatic nitrogens is 3. The summed E-state index contributed by atoms with van der Waals surface area (Å²) in [7, 11) is 2.60. The molecule has 1 unspecified atom stereocenters. The van der Waals surface area contributed by atoms with Gasteiger partial charge in [-0.05, 0) is 29.4 Å². The van der Waals surface area contributed by atoms with Crippen molar-refractivity contribution in [3.05, 3.63) is 81.5 Å². The largest absolute Gasteiger partial charge is 0.379 e. The lowest BCUT2D eigenvalue weighted by Crippen LogP contribution is -2.45. The molecule has 2 aromatic heterocycles. The Balaban J connectivity index is 1.52. The zero-order valence-electron chi connectivity index (χ0n) is 16.2. The average Bonchev–Trinajstić information content (AvgIpc) is 3.09. The fourth-order valence-electron chi connectivity index (χ4n) is 3.48. The number of amides is 1. The van der Waals surface area contributed by atoms with Crippen LogP contribution in [0, 0.1) is 0 Å². The number of ether oxygens (including phenoxy) is 1. The molecule has 7 nitrogen and oxygen atoms in total. The molecule has 2 N–H and O–H groups in total. The van der Waals surface area contributed by atoms with Gasteiger partial charge in [-0.3, -0.25) is 14.3 Å². The highest BCUT2D eigenvalue weighted by molar-refractivity contribution is 7.27. The van der Waals surface area contributed by atoms with Gasteiger partial charge in [0.2, 0.25) is 0 Å². The van der Waals surface area contributed by atoms with Gasteiger partial charge in [0, 0.05) is 18.5 Å². The fraction of sp³-hybridized carbons (Fsp3) is 0.286. The monoisotopic (exact) mass is 410 g/mol. The summed E-state index contributed by atoms with van der Waals surface area (Å²) in [4.78, 5) is 23.8. The lowest BCUT2D eigenvalue weighted by Gasteiger charge is -2.36. The molecule has 0 aliphatic carbocycles. The maximum atomic E-state index is 12.0. The van der Waals surface area contributed by atoms with Crippen molar-refractivity contribution < 1.29 is 9.53 Å². The van der Waals surface area contributed by atoms with Gasteiger partial charge < -0.3 is 15.0 Å². The number of nitrogens with zero attached hydrogens (tertiary/aromatic N) is 3. The van der Waals surface area contributed by atoms with E-state index in [-0.39, 0.29) is 11.0 Å². The van der Waals surface area contributed by atoms with Crippen LogP contribution < -0.4 is 16.6 Å². The average molecular weight is 410 g/mol. The molecule has 1 aromatic carbocycles. The molecule has 8 heteroatoms. The topological polar surface area (TPSA) is 92.1 Å². The number of benzene rings is 1. The Morgan fingerprint density at radius 3 is 2.38 bits per heavy atom. The van der Waals surface area contributed by atoms with E-state index < -0.39 is 5.91 Å². The zero-order valence-corrected chi connectivity index (χ0v) is 17.3. The van der Waals surface area contributed by atoms with Gasteiger partial charge in [-0.2, -0.15) is 5.10 Å². The molecule has 3 heterocycles. The molecule has 0 radical (unpaired) electrons. The highest BCUT2D eigenvalue weighted by Gasteiger charge is 2.40. The number of pyridine rings is 1. The number of carbonyl (C=O) groups excluding carboxylic acids is 1. The number of hydrogen-bond acceptors (Lipinski definition) is 4. The number of carbonyl (C=O) groups is 1. The lowest BCUT2D eigenvalue weighted by molar-refractivity contribution is -0.0525. The van der Waals surface area contributed by atoms with Crippen LogP contribution in [0.15, 0.2) is 53.6 Å². The van der Waals surface area contributed by atoms with Crippen molar-refractivity contribution in [2.45, 2.75) is 25.4 Å². The van der Waals surface area contributed by atoms with Crippen LogP contribution in [0.5, 0.6) is 0 Å². The molecule has 1 aliphatic heterocycles. The van der Waals surface area contributed by atoms with Crippen molar-refractivity contribution in [2.75, 3.05) is 13.2 Å². The summed E-state index contributed by atoms with van der Waals surface area (Å²) >= 11 is 0. The predicted molar refractivity (Wildman–Crippen MR) is 114 cm³/mol. The van der Waals surface area contributed by atoms with Crippen molar-refractivity contribution >= 4 is 20.5 Å².